The fourth-order valence-corrected chi connectivity index (χ4v) is 3.45. The number of fused-ring (bicyclic) bond motifs is 1. The van der Waals surface area contributed by atoms with Gasteiger partial charge in [-0.2, -0.15) is 0 Å². The molecule has 0 aliphatic carbocycles. The highest BCUT2D eigenvalue weighted by Gasteiger charge is 2.24. The number of nitrogens with zero attached hydrogens (tertiary/aromatic N) is 1. The van der Waals surface area contributed by atoms with E-state index in [0.717, 1.165) is 21.9 Å². The summed E-state index contributed by atoms with van der Waals surface area (Å²) in [5, 5.41) is 2.15. The van der Waals surface area contributed by atoms with Gasteiger partial charge in [0, 0.05) is 11.1 Å². The van der Waals surface area contributed by atoms with Crippen molar-refractivity contribution in [3.05, 3.63) is 119 Å². The van der Waals surface area contributed by atoms with E-state index in [9.17, 15) is 9.18 Å². The molecule has 5 heteroatoms. The van der Waals surface area contributed by atoms with E-state index >= 15 is 0 Å². The highest BCUT2D eigenvalue weighted by molar-refractivity contribution is 6.13. The molecule has 0 saturated heterocycles. The minimum Gasteiger partial charge on any atom is -0.489 e. The summed E-state index contributed by atoms with van der Waals surface area (Å²) in [6.07, 6.45) is 1.66. The number of carbonyl (C=O) groups is 1. The largest absolute Gasteiger partial charge is 0.489 e. The normalized spacial score (nSPS) is 14.5. The zero-order chi connectivity index (χ0) is 21.9. The topological polar surface area (TPSA) is 47.9 Å². The molecule has 0 aromatic heterocycles. The molecule has 0 N–H and O–H groups in total. The molecule has 0 unspecified atom stereocenters. The van der Waals surface area contributed by atoms with Gasteiger partial charge in [-0.1, -0.05) is 60.7 Å². The SMILES string of the molecule is O=C1OC(c2ccc3ccccc3c2)=N/C1=C\c1ccc(OCc2ccccc2F)cc1. The molecule has 0 spiro atoms. The van der Waals surface area contributed by atoms with Crippen LogP contribution in [-0.4, -0.2) is 11.9 Å². The Morgan fingerprint density at radius 3 is 2.44 bits per heavy atom. The van der Waals surface area contributed by atoms with Crippen molar-refractivity contribution >= 4 is 28.7 Å². The van der Waals surface area contributed by atoms with Crippen molar-refractivity contribution in [2.45, 2.75) is 6.61 Å². The Kier molecular flexibility index (Phi) is 5.22. The van der Waals surface area contributed by atoms with E-state index in [-0.39, 0.29) is 24.0 Å². The molecular weight excluding hydrogens is 405 g/mol. The second kappa shape index (κ2) is 8.47. The monoisotopic (exact) mass is 423 g/mol. The van der Waals surface area contributed by atoms with Crippen molar-refractivity contribution in [2.24, 2.45) is 4.99 Å². The van der Waals surface area contributed by atoms with Crippen LogP contribution in [0.5, 0.6) is 5.75 Å². The number of esters is 1. The van der Waals surface area contributed by atoms with Crippen molar-refractivity contribution in [2.75, 3.05) is 0 Å². The van der Waals surface area contributed by atoms with E-state index in [1.807, 2.05) is 42.5 Å². The van der Waals surface area contributed by atoms with Crippen molar-refractivity contribution < 1.29 is 18.7 Å². The summed E-state index contributed by atoms with van der Waals surface area (Å²) in [6.45, 7) is 0.138. The van der Waals surface area contributed by atoms with Crippen molar-refractivity contribution in [3.63, 3.8) is 0 Å². The van der Waals surface area contributed by atoms with Gasteiger partial charge in [0.2, 0.25) is 5.90 Å². The predicted molar refractivity (Wildman–Crippen MR) is 122 cm³/mol. The number of cyclic esters (lactones) is 1. The second-order valence-corrected chi connectivity index (χ2v) is 7.35. The number of carbonyl (C=O) groups excluding carboxylic acids is 1. The van der Waals surface area contributed by atoms with E-state index in [1.54, 1.807) is 48.5 Å². The quantitative estimate of drug-likeness (QED) is 0.296. The maximum absolute atomic E-state index is 13.7. The number of ether oxygens (including phenoxy) is 2. The second-order valence-electron chi connectivity index (χ2n) is 7.35. The van der Waals surface area contributed by atoms with Crippen LogP contribution < -0.4 is 4.74 Å². The summed E-state index contributed by atoms with van der Waals surface area (Å²) in [6, 6.07) is 27.4. The molecular formula is C27H18FNO3. The maximum Gasteiger partial charge on any atom is 0.363 e. The third-order valence-corrected chi connectivity index (χ3v) is 5.15. The smallest absolute Gasteiger partial charge is 0.363 e. The first-order valence-electron chi connectivity index (χ1n) is 10.1. The van der Waals surface area contributed by atoms with Crippen LogP contribution in [0.1, 0.15) is 16.7 Å². The zero-order valence-corrected chi connectivity index (χ0v) is 17.0. The van der Waals surface area contributed by atoms with E-state index in [0.29, 0.717) is 11.3 Å². The third kappa shape index (κ3) is 4.14. The molecule has 0 saturated carbocycles. The summed E-state index contributed by atoms with van der Waals surface area (Å²) in [5.74, 6) is 0.100. The van der Waals surface area contributed by atoms with Crippen LogP contribution in [0.2, 0.25) is 0 Å². The average Bonchev–Trinajstić information content (AvgIpc) is 3.19. The van der Waals surface area contributed by atoms with Crippen molar-refractivity contribution in [3.8, 4) is 5.75 Å². The molecule has 5 rings (SSSR count). The lowest BCUT2D eigenvalue weighted by Crippen LogP contribution is -2.05. The van der Waals surface area contributed by atoms with E-state index in [2.05, 4.69) is 4.99 Å². The molecule has 0 fully saturated rings. The molecule has 4 nitrogen and oxygen atoms in total. The third-order valence-electron chi connectivity index (χ3n) is 5.15. The Bertz CT molecular complexity index is 1370. The number of rotatable bonds is 5. The van der Waals surface area contributed by atoms with Crippen LogP contribution in [-0.2, 0) is 16.1 Å². The van der Waals surface area contributed by atoms with Gasteiger partial charge < -0.3 is 9.47 Å². The molecule has 1 aliphatic rings. The summed E-state index contributed by atoms with van der Waals surface area (Å²) in [7, 11) is 0. The molecule has 32 heavy (non-hydrogen) atoms. The minimum atomic E-state index is -0.493. The predicted octanol–water partition coefficient (Wildman–Crippen LogP) is 5.90. The van der Waals surface area contributed by atoms with Crippen LogP contribution in [0.25, 0.3) is 16.8 Å². The number of hydrogen-bond donors (Lipinski definition) is 0. The van der Waals surface area contributed by atoms with Crippen LogP contribution in [0.15, 0.2) is 102 Å². The summed E-state index contributed by atoms with van der Waals surface area (Å²) in [4.78, 5) is 16.7. The molecule has 1 heterocycles. The lowest BCUT2D eigenvalue weighted by molar-refractivity contribution is -0.129. The minimum absolute atomic E-state index is 0.138. The molecule has 0 radical (unpaired) electrons. The van der Waals surface area contributed by atoms with Gasteiger partial charge in [-0.3, -0.25) is 0 Å². The highest BCUT2D eigenvalue weighted by Crippen LogP contribution is 2.23. The molecule has 1 aliphatic heterocycles. The van der Waals surface area contributed by atoms with Crippen LogP contribution >= 0.6 is 0 Å². The summed E-state index contributed by atoms with van der Waals surface area (Å²) in [5.41, 5.74) is 2.24. The Morgan fingerprint density at radius 1 is 0.875 bits per heavy atom. The van der Waals surface area contributed by atoms with Crippen molar-refractivity contribution in [1.29, 1.82) is 0 Å². The van der Waals surface area contributed by atoms with Crippen LogP contribution in [0.3, 0.4) is 0 Å². The van der Waals surface area contributed by atoms with Gasteiger partial charge >= 0.3 is 5.97 Å². The van der Waals surface area contributed by atoms with Crippen LogP contribution in [0.4, 0.5) is 4.39 Å². The first-order chi connectivity index (χ1) is 15.7. The fraction of sp³-hybridized carbons (Fsp3) is 0.0370. The Morgan fingerprint density at radius 2 is 1.62 bits per heavy atom. The molecule has 0 bridgehead atoms. The number of benzene rings is 4. The van der Waals surface area contributed by atoms with Gasteiger partial charge in [-0.15, -0.1) is 0 Å². The van der Waals surface area contributed by atoms with Gasteiger partial charge in [-0.05, 0) is 52.7 Å². The maximum atomic E-state index is 13.7. The lowest BCUT2D eigenvalue weighted by atomic mass is 10.1. The number of hydrogen-bond acceptors (Lipinski definition) is 4. The Labute approximate surface area is 184 Å². The number of halogens is 1. The van der Waals surface area contributed by atoms with E-state index in [4.69, 9.17) is 9.47 Å². The average molecular weight is 423 g/mol. The standard InChI is InChI=1S/C27H18FNO3/c28-24-8-4-3-7-22(24)17-31-23-13-9-18(10-14-23)15-25-27(30)32-26(29-25)21-12-11-19-5-1-2-6-20(19)16-21/h1-16H,17H2/b25-15-. The number of aliphatic imine (C=N–C) groups is 1. The first-order valence-corrected chi connectivity index (χ1v) is 10.1. The Balaban J connectivity index is 1.32. The molecule has 156 valence electrons. The molecule has 4 aromatic rings. The first kappa shape index (κ1) is 19.7. The van der Waals surface area contributed by atoms with E-state index in [1.165, 1.54) is 6.07 Å². The van der Waals surface area contributed by atoms with E-state index < -0.39 is 5.97 Å². The van der Waals surface area contributed by atoms with Crippen molar-refractivity contribution in [1.82, 2.24) is 0 Å². The fourth-order valence-electron chi connectivity index (χ4n) is 3.45. The van der Waals surface area contributed by atoms with Gasteiger partial charge in [0.25, 0.3) is 0 Å². The highest BCUT2D eigenvalue weighted by atomic mass is 19.1. The Hall–Kier alpha value is -4.25. The van der Waals surface area contributed by atoms with Gasteiger partial charge in [0.15, 0.2) is 5.70 Å². The molecule has 0 amide bonds. The molecule has 0 atom stereocenters. The summed E-state index contributed by atoms with van der Waals surface area (Å²) < 4.78 is 24.7. The van der Waals surface area contributed by atoms with Gasteiger partial charge in [0.1, 0.15) is 18.2 Å². The van der Waals surface area contributed by atoms with Crippen LogP contribution in [0, 0.1) is 5.82 Å². The summed E-state index contributed by atoms with van der Waals surface area (Å²) >= 11 is 0. The molecule has 4 aromatic carbocycles. The lowest BCUT2D eigenvalue weighted by Gasteiger charge is -2.07. The van der Waals surface area contributed by atoms with Gasteiger partial charge in [0.05, 0.1) is 0 Å². The van der Waals surface area contributed by atoms with Gasteiger partial charge in [-0.25, -0.2) is 14.2 Å². The zero-order valence-electron chi connectivity index (χ0n) is 17.0.